The number of methoxy groups -OCH3 is 1. The van der Waals surface area contributed by atoms with Crippen LogP contribution in [0.2, 0.25) is 0 Å². The van der Waals surface area contributed by atoms with E-state index in [0.29, 0.717) is 17.4 Å². The number of benzene rings is 2. The van der Waals surface area contributed by atoms with Gasteiger partial charge in [0.25, 0.3) is 5.91 Å². The van der Waals surface area contributed by atoms with Gasteiger partial charge in [-0.1, -0.05) is 32.0 Å². The van der Waals surface area contributed by atoms with E-state index in [1.807, 2.05) is 18.2 Å². The van der Waals surface area contributed by atoms with Gasteiger partial charge in [-0.15, -0.1) is 0 Å². The number of carbonyl (C=O) groups excluding carboxylic acids is 2. The van der Waals surface area contributed by atoms with Crippen LogP contribution in [0, 0.1) is 0 Å². The molecule has 0 bridgehead atoms. The minimum absolute atomic E-state index is 0.00988. The number of hydrazine groups is 1. The molecular formula is C21H24BrN3O4S. The van der Waals surface area contributed by atoms with E-state index in [1.165, 1.54) is 0 Å². The fraction of sp³-hybridized carbons (Fsp3) is 0.286. The minimum atomic E-state index is -0.443. The Labute approximate surface area is 189 Å². The maximum absolute atomic E-state index is 12.0. The highest BCUT2D eigenvalue weighted by Gasteiger charge is 2.10. The highest BCUT2D eigenvalue weighted by atomic mass is 79.9. The summed E-state index contributed by atoms with van der Waals surface area (Å²) < 4.78 is 11.4. The number of amides is 2. The quantitative estimate of drug-likeness (QED) is 0.405. The van der Waals surface area contributed by atoms with Gasteiger partial charge in [-0.05, 0) is 69.5 Å². The summed E-state index contributed by atoms with van der Waals surface area (Å²) in [5.74, 6) is 0.914. The molecule has 0 aromatic heterocycles. The molecule has 0 spiro atoms. The third kappa shape index (κ3) is 7.64. The molecule has 0 aliphatic heterocycles. The van der Waals surface area contributed by atoms with Crippen molar-refractivity contribution in [1.82, 2.24) is 16.2 Å². The van der Waals surface area contributed by atoms with Crippen LogP contribution in [-0.4, -0.2) is 30.6 Å². The van der Waals surface area contributed by atoms with Crippen LogP contribution >= 0.6 is 28.1 Å². The summed E-state index contributed by atoms with van der Waals surface area (Å²) in [7, 11) is 1.58. The summed E-state index contributed by atoms with van der Waals surface area (Å²) in [6.45, 7) is 3.98. The lowest BCUT2D eigenvalue weighted by Crippen LogP contribution is -2.49. The molecule has 0 aliphatic carbocycles. The standard InChI is InChI=1S/C21H24BrN3O4S/c1-13(2)15-6-9-18(17(22)11-15)29-12-20(27)24-25-21(30)23-19(26)10-14-4-7-16(28-3)8-5-14/h4-9,11,13H,10,12H2,1-3H3,(H,24,27)(H2,23,25,26,30). The first kappa shape index (κ1) is 23.6. The summed E-state index contributed by atoms with van der Waals surface area (Å²) in [5, 5.41) is 2.49. The van der Waals surface area contributed by atoms with E-state index >= 15 is 0 Å². The number of ether oxygens (including phenoxy) is 2. The largest absolute Gasteiger partial charge is 0.497 e. The zero-order valence-electron chi connectivity index (χ0n) is 17.0. The topological polar surface area (TPSA) is 88.7 Å². The molecule has 2 aromatic carbocycles. The number of halogens is 1. The molecule has 0 aliphatic rings. The Hall–Kier alpha value is -2.65. The van der Waals surface area contributed by atoms with Gasteiger partial charge in [0.05, 0.1) is 18.0 Å². The summed E-state index contributed by atoms with van der Waals surface area (Å²) in [4.78, 5) is 24.0. The van der Waals surface area contributed by atoms with Crippen molar-refractivity contribution in [3.05, 3.63) is 58.1 Å². The van der Waals surface area contributed by atoms with Crippen molar-refractivity contribution in [3.8, 4) is 11.5 Å². The molecule has 0 unspecified atom stereocenters. The van der Waals surface area contributed by atoms with Crippen LogP contribution < -0.4 is 25.6 Å². The van der Waals surface area contributed by atoms with Gasteiger partial charge >= 0.3 is 0 Å². The molecule has 9 heteroatoms. The smallest absolute Gasteiger partial charge is 0.276 e. The summed E-state index contributed by atoms with van der Waals surface area (Å²) in [5.41, 5.74) is 6.84. The molecule has 2 rings (SSSR count). The van der Waals surface area contributed by atoms with Crippen molar-refractivity contribution < 1.29 is 19.1 Å². The number of hydrogen-bond acceptors (Lipinski definition) is 5. The van der Waals surface area contributed by atoms with Gasteiger partial charge in [-0.25, -0.2) is 0 Å². The maximum atomic E-state index is 12.0. The SMILES string of the molecule is COc1ccc(CC(=O)NC(=S)NNC(=O)COc2ccc(C(C)C)cc2Br)cc1. The summed E-state index contributed by atoms with van der Waals surface area (Å²) in [6.07, 6.45) is 0.142. The Kier molecular flexibility index (Phi) is 9.07. The van der Waals surface area contributed by atoms with E-state index in [-0.39, 0.29) is 24.0 Å². The van der Waals surface area contributed by atoms with Crippen LogP contribution in [0.5, 0.6) is 11.5 Å². The molecule has 3 N–H and O–H groups in total. The zero-order chi connectivity index (χ0) is 22.1. The average Bonchev–Trinajstić information content (AvgIpc) is 2.71. The fourth-order valence-electron chi connectivity index (χ4n) is 2.43. The van der Waals surface area contributed by atoms with Crippen molar-refractivity contribution >= 4 is 45.1 Å². The minimum Gasteiger partial charge on any atom is -0.497 e. The zero-order valence-corrected chi connectivity index (χ0v) is 19.4. The molecule has 30 heavy (non-hydrogen) atoms. The lowest BCUT2D eigenvalue weighted by molar-refractivity contribution is -0.124. The lowest BCUT2D eigenvalue weighted by Gasteiger charge is -2.13. The molecule has 2 aromatic rings. The van der Waals surface area contributed by atoms with E-state index < -0.39 is 5.91 Å². The Morgan fingerprint density at radius 3 is 2.37 bits per heavy atom. The maximum Gasteiger partial charge on any atom is 0.276 e. The van der Waals surface area contributed by atoms with Gasteiger partial charge in [-0.2, -0.15) is 0 Å². The van der Waals surface area contributed by atoms with Gasteiger partial charge in [0.1, 0.15) is 11.5 Å². The van der Waals surface area contributed by atoms with E-state index in [1.54, 1.807) is 31.4 Å². The first-order valence-electron chi connectivity index (χ1n) is 9.22. The molecular weight excluding hydrogens is 470 g/mol. The van der Waals surface area contributed by atoms with Crippen LogP contribution in [0.4, 0.5) is 0 Å². The number of nitrogens with one attached hydrogen (secondary N) is 3. The van der Waals surface area contributed by atoms with Gasteiger partial charge in [0, 0.05) is 0 Å². The second kappa shape index (κ2) is 11.5. The Balaban J connectivity index is 1.72. The van der Waals surface area contributed by atoms with Crippen LogP contribution in [0.25, 0.3) is 0 Å². The summed E-state index contributed by atoms with van der Waals surface area (Å²) in [6, 6.07) is 12.9. The second-order valence-electron chi connectivity index (χ2n) is 6.71. The number of rotatable bonds is 7. The van der Waals surface area contributed by atoms with Gasteiger partial charge in [0.15, 0.2) is 11.7 Å². The van der Waals surface area contributed by atoms with Crippen molar-refractivity contribution in [2.45, 2.75) is 26.2 Å². The number of hydrogen-bond donors (Lipinski definition) is 3. The molecule has 0 fully saturated rings. The fourth-order valence-corrected chi connectivity index (χ4v) is 3.11. The van der Waals surface area contributed by atoms with Crippen molar-refractivity contribution in [2.24, 2.45) is 0 Å². The number of carbonyl (C=O) groups is 2. The van der Waals surface area contributed by atoms with Crippen LogP contribution in [0.15, 0.2) is 46.9 Å². The monoisotopic (exact) mass is 493 g/mol. The Bertz CT molecular complexity index is 904. The third-order valence-electron chi connectivity index (χ3n) is 4.07. The summed E-state index contributed by atoms with van der Waals surface area (Å²) >= 11 is 8.46. The van der Waals surface area contributed by atoms with Crippen LogP contribution in [0.3, 0.4) is 0 Å². The molecule has 7 nitrogen and oxygen atoms in total. The van der Waals surface area contributed by atoms with Gasteiger partial charge in [0.2, 0.25) is 5.91 Å². The highest BCUT2D eigenvalue weighted by Crippen LogP contribution is 2.28. The van der Waals surface area contributed by atoms with Crippen molar-refractivity contribution in [1.29, 1.82) is 0 Å². The van der Waals surface area contributed by atoms with E-state index in [9.17, 15) is 9.59 Å². The average molecular weight is 494 g/mol. The molecule has 0 saturated carbocycles. The van der Waals surface area contributed by atoms with Crippen LogP contribution in [0.1, 0.15) is 30.9 Å². The Morgan fingerprint density at radius 2 is 1.77 bits per heavy atom. The molecule has 0 radical (unpaired) electrons. The van der Waals surface area contributed by atoms with E-state index in [2.05, 4.69) is 45.9 Å². The lowest BCUT2D eigenvalue weighted by atomic mass is 10.0. The number of thiocarbonyl (C=S) groups is 1. The van der Waals surface area contributed by atoms with Crippen molar-refractivity contribution in [2.75, 3.05) is 13.7 Å². The molecule has 0 heterocycles. The normalized spacial score (nSPS) is 10.3. The predicted molar refractivity (Wildman–Crippen MR) is 122 cm³/mol. The second-order valence-corrected chi connectivity index (χ2v) is 7.97. The van der Waals surface area contributed by atoms with E-state index in [0.717, 1.165) is 15.6 Å². The van der Waals surface area contributed by atoms with E-state index in [4.69, 9.17) is 21.7 Å². The van der Waals surface area contributed by atoms with Gasteiger partial charge in [-0.3, -0.25) is 20.4 Å². The Morgan fingerprint density at radius 1 is 1.07 bits per heavy atom. The molecule has 160 valence electrons. The third-order valence-corrected chi connectivity index (χ3v) is 4.90. The highest BCUT2D eigenvalue weighted by molar-refractivity contribution is 9.10. The van der Waals surface area contributed by atoms with Crippen LogP contribution in [-0.2, 0) is 16.0 Å². The predicted octanol–water partition coefficient (Wildman–Crippen LogP) is 3.22. The first-order chi connectivity index (χ1) is 14.3. The van der Waals surface area contributed by atoms with Crippen molar-refractivity contribution in [3.63, 3.8) is 0 Å². The molecule has 0 saturated heterocycles. The molecule has 2 amide bonds. The van der Waals surface area contributed by atoms with Gasteiger partial charge < -0.3 is 14.8 Å². The molecule has 0 atom stereocenters. The first-order valence-corrected chi connectivity index (χ1v) is 10.4.